The van der Waals surface area contributed by atoms with Crippen molar-refractivity contribution in [2.75, 3.05) is 13.2 Å². The minimum Gasteiger partial charge on any atom is -0.487 e. The third-order valence-corrected chi connectivity index (χ3v) is 4.52. The van der Waals surface area contributed by atoms with Crippen LogP contribution in [0.5, 0.6) is 11.5 Å². The summed E-state index contributed by atoms with van der Waals surface area (Å²) in [5.74, 6) is 0.643. The van der Waals surface area contributed by atoms with Crippen molar-refractivity contribution in [3.05, 3.63) is 33.7 Å². The number of carbonyl (C=O) groups is 1. The first-order valence-corrected chi connectivity index (χ1v) is 8.94. The fourth-order valence-corrected chi connectivity index (χ4v) is 3.25. The predicted molar refractivity (Wildman–Crippen MR) is 97.0 cm³/mol. The summed E-state index contributed by atoms with van der Waals surface area (Å²) in [6, 6.07) is 3.26. The number of rotatable bonds is 5. The van der Waals surface area contributed by atoms with Crippen LogP contribution in [0, 0.1) is 0 Å². The van der Waals surface area contributed by atoms with Crippen molar-refractivity contribution in [2.24, 2.45) is 0 Å². The van der Waals surface area contributed by atoms with Gasteiger partial charge < -0.3 is 18.6 Å². The van der Waals surface area contributed by atoms with Crippen LogP contribution in [-0.4, -0.2) is 24.8 Å². The fraction of sp³-hybridized carbons (Fsp3) is 0.500. The van der Waals surface area contributed by atoms with E-state index in [0.717, 1.165) is 29.4 Å². The second-order valence-corrected chi connectivity index (χ2v) is 6.96. The summed E-state index contributed by atoms with van der Waals surface area (Å²) in [4.78, 5) is 23.7. The number of benzene rings is 1. The smallest absolute Gasteiger partial charge is 0.344 e. The van der Waals surface area contributed by atoms with Crippen molar-refractivity contribution in [3.8, 4) is 11.5 Å². The number of esters is 1. The van der Waals surface area contributed by atoms with Gasteiger partial charge >= 0.3 is 11.6 Å². The van der Waals surface area contributed by atoms with Gasteiger partial charge in [-0.05, 0) is 45.6 Å². The van der Waals surface area contributed by atoms with E-state index < -0.39 is 11.6 Å². The van der Waals surface area contributed by atoms with Crippen LogP contribution in [0.2, 0.25) is 0 Å². The lowest BCUT2D eigenvalue weighted by Gasteiger charge is -2.33. The molecular weight excluding hydrogens is 336 g/mol. The average Bonchev–Trinajstić information content (AvgIpc) is 2.57. The average molecular weight is 360 g/mol. The van der Waals surface area contributed by atoms with E-state index in [-0.39, 0.29) is 12.2 Å². The normalized spacial score (nSPS) is 15.2. The molecule has 2 heterocycles. The van der Waals surface area contributed by atoms with E-state index in [9.17, 15) is 9.59 Å². The number of aryl methyl sites for hydroxylation is 2. The Kier molecular flexibility index (Phi) is 4.94. The summed E-state index contributed by atoms with van der Waals surface area (Å²) >= 11 is 0. The van der Waals surface area contributed by atoms with Crippen molar-refractivity contribution in [3.63, 3.8) is 0 Å². The van der Waals surface area contributed by atoms with E-state index in [1.54, 1.807) is 13.0 Å². The zero-order chi connectivity index (χ0) is 18.9. The van der Waals surface area contributed by atoms with E-state index in [1.165, 1.54) is 6.07 Å². The SMILES string of the molecule is CCOC(=O)COc1cc2c(c3oc(=O)cc(CC)c13)CCC(C)(C)O2. The zero-order valence-electron chi connectivity index (χ0n) is 15.6. The number of hydrogen-bond acceptors (Lipinski definition) is 6. The Morgan fingerprint density at radius 3 is 2.73 bits per heavy atom. The lowest BCUT2D eigenvalue weighted by Crippen LogP contribution is -2.32. The number of carbonyl (C=O) groups excluding carboxylic acids is 1. The van der Waals surface area contributed by atoms with Gasteiger partial charge in [0.25, 0.3) is 0 Å². The van der Waals surface area contributed by atoms with Gasteiger partial charge in [-0.15, -0.1) is 0 Å². The van der Waals surface area contributed by atoms with E-state index >= 15 is 0 Å². The van der Waals surface area contributed by atoms with Crippen LogP contribution in [0.15, 0.2) is 21.3 Å². The molecule has 1 aromatic heterocycles. The lowest BCUT2D eigenvalue weighted by molar-refractivity contribution is -0.145. The van der Waals surface area contributed by atoms with E-state index in [0.29, 0.717) is 30.1 Å². The molecule has 1 aliphatic rings. The summed E-state index contributed by atoms with van der Waals surface area (Å²) in [5.41, 5.74) is 1.46. The van der Waals surface area contributed by atoms with Gasteiger partial charge in [-0.25, -0.2) is 9.59 Å². The van der Waals surface area contributed by atoms with Crippen LogP contribution in [0.1, 0.15) is 45.2 Å². The molecule has 3 rings (SSSR count). The minimum absolute atomic E-state index is 0.215. The van der Waals surface area contributed by atoms with Gasteiger partial charge in [-0.1, -0.05) is 6.92 Å². The molecule has 0 atom stereocenters. The predicted octanol–water partition coefficient (Wildman–Crippen LogP) is 3.40. The maximum atomic E-state index is 12.0. The van der Waals surface area contributed by atoms with E-state index in [2.05, 4.69) is 0 Å². The standard InChI is InChI=1S/C20H24O6/c1-5-12-9-16(21)25-19-13-7-8-20(3,4)26-14(13)10-15(18(12)19)24-11-17(22)23-6-2/h9-10H,5-8,11H2,1-4H3. The maximum Gasteiger partial charge on any atom is 0.344 e. The van der Waals surface area contributed by atoms with Crippen LogP contribution in [-0.2, 0) is 22.4 Å². The third-order valence-electron chi connectivity index (χ3n) is 4.52. The first kappa shape index (κ1) is 18.3. The van der Waals surface area contributed by atoms with Crippen LogP contribution < -0.4 is 15.1 Å². The van der Waals surface area contributed by atoms with Gasteiger partial charge in [0.15, 0.2) is 6.61 Å². The largest absolute Gasteiger partial charge is 0.487 e. The molecule has 140 valence electrons. The summed E-state index contributed by atoms with van der Waals surface area (Å²) in [6.45, 7) is 7.80. The third kappa shape index (κ3) is 3.54. The highest BCUT2D eigenvalue weighted by Gasteiger charge is 2.30. The van der Waals surface area contributed by atoms with Crippen molar-refractivity contribution in [1.29, 1.82) is 0 Å². The Balaban J connectivity index is 2.15. The molecule has 26 heavy (non-hydrogen) atoms. The van der Waals surface area contributed by atoms with E-state index in [4.69, 9.17) is 18.6 Å². The maximum absolute atomic E-state index is 12.0. The molecule has 6 nitrogen and oxygen atoms in total. The molecule has 0 radical (unpaired) electrons. The molecule has 0 saturated heterocycles. The van der Waals surface area contributed by atoms with Gasteiger partial charge in [0.1, 0.15) is 22.7 Å². The van der Waals surface area contributed by atoms with Gasteiger partial charge in [0, 0.05) is 17.7 Å². The monoisotopic (exact) mass is 360 g/mol. The summed E-state index contributed by atoms with van der Waals surface area (Å²) in [6.07, 6.45) is 2.20. The first-order chi connectivity index (χ1) is 12.3. The van der Waals surface area contributed by atoms with Gasteiger partial charge in [-0.2, -0.15) is 0 Å². The molecule has 0 unspecified atom stereocenters. The van der Waals surface area contributed by atoms with Crippen LogP contribution in [0.25, 0.3) is 11.0 Å². The highest BCUT2D eigenvalue weighted by Crippen LogP contribution is 2.42. The zero-order valence-corrected chi connectivity index (χ0v) is 15.6. The van der Waals surface area contributed by atoms with Crippen LogP contribution in [0.4, 0.5) is 0 Å². The molecule has 0 amide bonds. The molecule has 0 saturated carbocycles. The Bertz CT molecular complexity index is 893. The van der Waals surface area contributed by atoms with Gasteiger partial charge in [-0.3, -0.25) is 0 Å². The number of ether oxygens (including phenoxy) is 3. The second-order valence-electron chi connectivity index (χ2n) is 6.96. The summed E-state index contributed by atoms with van der Waals surface area (Å²) in [7, 11) is 0. The highest BCUT2D eigenvalue weighted by molar-refractivity contribution is 5.91. The minimum atomic E-state index is -0.449. The van der Waals surface area contributed by atoms with Crippen LogP contribution in [0.3, 0.4) is 0 Å². The van der Waals surface area contributed by atoms with Crippen molar-refractivity contribution < 1.29 is 23.4 Å². The molecule has 0 bridgehead atoms. The molecule has 1 aromatic carbocycles. The lowest BCUT2D eigenvalue weighted by atomic mass is 9.92. The van der Waals surface area contributed by atoms with Gasteiger partial charge in [0.2, 0.25) is 0 Å². The first-order valence-electron chi connectivity index (χ1n) is 8.94. The molecule has 1 aliphatic heterocycles. The fourth-order valence-electron chi connectivity index (χ4n) is 3.25. The quantitative estimate of drug-likeness (QED) is 0.601. The van der Waals surface area contributed by atoms with Crippen molar-refractivity contribution in [2.45, 2.75) is 52.6 Å². The Labute approximate surface area is 152 Å². The van der Waals surface area contributed by atoms with Crippen LogP contribution >= 0.6 is 0 Å². The summed E-state index contributed by atoms with van der Waals surface area (Å²) < 4.78 is 22.3. The molecular formula is C20H24O6. The Morgan fingerprint density at radius 1 is 1.27 bits per heavy atom. The molecule has 0 spiro atoms. The number of fused-ring (bicyclic) bond motifs is 3. The topological polar surface area (TPSA) is 75.0 Å². The van der Waals surface area contributed by atoms with Gasteiger partial charge in [0.05, 0.1) is 12.0 Å². The molecule has 0 aliphatic carbocycles. The van der Waals surface area contributed by atoms with E-state index in [1.807, 2.05) is 20.8 Å². The molecule has 2 aromatic rings. The van der Waals surface area contributed by atoms with Crippen molar-refractivity contribution >= 4 is 16.9 Å². The molecule has 6 heteroatoms. The molecule has 0 fully saturated rings. The Hall–Kier alpha value is -2.50. The Morgan fingerprint density at radius 2 is 2.04 bits per heavy atom. The second kappa shape index (κ2) is 7.02. The summed E-state index contributed by atoms with van der Waals surface area (Å²) in [5, 5.41) is 0.721. The highest BCUT2D eigenvalue weighted by atomic mass is 16.6. The number of hydrogen-bond donors (Lipinski definition) is 0. The van der Waals surface area contributed by atoms with Crippen molar-refractivity contribution in [1.82, 2.24) is 0 Å². The molecule has 0 N–H and O–H groups in total.